The highest BCUT2D eigenvalue weighted by Crippen LogP contribution is 2.20. The first-order valence-electron chi connectivity index (χ1n) is 10.3. The summed E-state index contributed by atoms with van der Waals surface area (Å²) in [6.45, 7) is 1.01. The molecule has 174 valence electrons. The van der Waals surface area contributed by atoms with Crippen LogP contribution in [-0.4, -0.2) is 49.7 Å². The number of hydrogen-bond acceptors (Lipinski definition) is 5. The van der Waals surface area contributed by atoms with Crippen molar-refractivity contribution in [2.45, 2.75) is 17.9 Å². The Kier molecular flexibility index (Phi) is 6.75. The third kappa shape index (κ3) is 5.40. The van der Waals surface area contributed by atoms with Gasteiger partial charge in [-0.1, -0.05) is 0 Å². The Labute approximate surface area is 190 Å². The molecule has 0 bridgehead atoms. The van der Waals surface area contributed by atoms with Gasteiger partial charge in [0.25, 0.3) is 5.91 Å². The first-order valence-corrected chi connectivity index (χ1v) is 11.8. The normalized spacial score (nSPS) is 15.3. The molecule has 2 aromatic carbocycles. The zero-order valence-electron chi connectivity index (χ0n) is 17.6. The first kappa shape index (κ1) is 22.9. The molecule has 0 unspecified atom stereocenters. The van der Waals surface area contributed by atoms with Crippen molar-refractivity contribution in [3.63, 3.8) is 0 Å². The van der Waals surface area contributed by atoms with E-state index in [1.807, 2.05) is 0 Å². The van der Waals surface area contributed by atoms with Gasteiger partial charge in [-0.05, 0) is 67.1 Å². The number of hydrogen-bond donors (Lipinski definition) is 0. The van der Waals surface area contributed by atoms with Crippen LogP contribution in [0.3, 0.4) is 0 Å². The van der Waals surface area contributed by atoms with Crippen molar-refractivity contribution in [3.05, 3.63) is 83.8 Å². The third-order valence-corrected chi connectivity index (χ3v) is 7.17. The van der Waals surface area contributed by atoms with Gasteiger partial charge in [0, 0.05) is 26.2 Å². The van der Waals surface area contributed by atoms with Crippen LogP contribution in [-0.2, 0) is 16.6 Å². The smallest absolute Gasteiger partial charge is 0.289 e. The Morgan fingerprint density at radius 1 is 0.879 bits per heavy atom. The molecular weight excluding hydrogens is 454 g/mol. The average Bonchev–Trinajstić information content (AvgIpc) is 3.13. The van der Waals surface area contributed by atoms with Gasteiger partial charge in [0.05, 0.1) is 4.90 Å². The van der Waals surface area contributed by atoms with E-state index in [1.54, 1.807) is 17.0 Å². The van der Waals surface area contributed by atoms with Crippen LogP contribution < -0.4 is 4.74 Å². The summed E-state index contributed by atoms with van der Waals surface area (Å²) in [5, 5.41) is 0. The number of halogens is 2. The van der Waals surface area contributed by atoms with E-state index < -0.39 is 15.8 Å². The molecule has 7 nitrogen and oxygen atoms in total. The molecule has 10 heteroatoms. The van der Waals surface area contributed by atoms with E-state index in [1.165, 1.54) is 40.7 Å². The zero-order valence-corrected chi connectivity index (χ0v) is 18.4. The minimum Gasteiger partial charge on any atom is -0.486 e. The molecule has 0 N–H and O–H groups in total. The number of furan rings is 1. The van der Waals surface area contributed by atoms with Crippen LogP contribution >= 0.6 is 0 Å². The van der Waals surface area contributed by atoms with E-state index >= 15 is 0 Å². The van der Waals surface area contributed by atoms with E-state index in [2.05, 4.69) is 0 Å². The fourth-order valence-electron chi connectivity index (χ4n) is 3.50. The number of amides is 1. The van der Waals surface area contributed by atoms with E-state index in [-0.39, 0.29) is 48.6 Å². The summed E-state index contributed by atoms with van der Waals surface area (Å²) in [6, 6.07) is 13.4. The van der Waals surface area contributed by atoms with E-state index in [9.17, 15) is 22.0 Å². The quantitative estimate of drug-likeness (QED) is 0.542. The van der Waals surface area contributed by atoms with Gasteiger partial charge in [0.2, 0.25) is 10.0 Å². The maximum atomic E-state index is 13.2. The number of ether oxygens (including phenoxy) is 1. The Morgan fingerprint density at radius 2 is 1.55 bits per heavy atom. The van der Waals surface area contributed by atoms with Crippen LogP contribution in [0, 0.1) is 11.6 Å². The van der Waals surface area contributed by atoms with Gasteiger partial charge in [0.15, 0.2) is 5.76 Å². The molecule has 0 atom stereocenters. The molecule has 0 radical (unpaired) electrons. The highest BCUT2D eigenvalue weighted by Gasteiger charge is 2.29. The van der Waals surface area contributed by atoms with Gasteiger partial charge < -0.3 is 14.1 Å². The van der Waals surface area contributed by atoms with Crippen LogP contribution in [0.4, 0.5) is 8.78 Å². The number of carbonyl (C=O) groups is 1. The topological polar surface area (TPSA) is 80.1 Å². The van der Waals surface area contributed by atoms with E-state index in [0.717, 1.165) is 12.1 Å². The SMILES string of the molecule is O=C(c1ccc(COc2ccc(F)cc2)o1)N1CCCN(S(=O)(=O)c2ccc(F)cc2)CC1. The predicted octanol–water partition coefficient (Wildman–Crippen LogP) is 3.67. The van der Waals surface area contributed by atoms with Crippen LogP contribution in [0.25, 0.3) is 0 Å². The summed E-state index contributed by atoms with van der Waals surface area (Å²) < 4.78 is 64.3. The van der Waals surface area contributed by atoms with Crippen LogP contribution in [0.15, 0.2) is 70.0 Å². The zero-order chi connectivity index (χ0) is 23.4. The van der Waals surface area contributed by atoms with Crippen molar-refractivity contribution in [2.24, 2.45) is 0 Å². The molecule has 33 heavy (non-hydrogen) atoms. The highest BCUT2D eigenvalue weighted by molar-refractivity contribution is 7.89. The Balaban J connectivity index is 1.36. The Bertz CT molecular complexity index is 1210. The summed E-state index contributed by atoms with van der Waals surface area (Å²) in [6.07, 6.45) is 0.452. The first-order chi connectivity index (χ1) is 15.8. The second-order valence-corrected chi connectivity index (χ2v) is 9.45. The lowest BCUT2D eigenvalue weighted by molar-refractivity contribution is 0.0728. The number of benzene rings is 2. The molecule has 4 rings (SSSR count). The van der Waals surface area contributed by atoms with Gasteiger partial charge in [-0.3, -0.25) is 4.79 Å². The lowest BCUT2D eigenvalue weighted by Gasteiger charge is -2.21. The maximum Gasteiger partial charge on any atom is 0.289 e. The Morgan fingerprint density at radius 3 is 2.24 bits per heavy atom. The lowest BCUT2D eigenvalue weighted by Crippen LogP contribution is -2.37. The minimum atomic E-state index is -3.78. The molecular formula is C23H22F2N2O5S. The largest absolute Gasteiger partial charge is 0.486 e. The number of rotatable bonds is 6. The van der Waals surface area contributed by atoms with Gasteiger partial charge in [0.1, 0.15) is 29.8 Å². The lowest BCUT2D eigenvalue weighted by atomic mass is 10.3. The van der Waals surface area contributed by atoms with Crippen molar-refractivity contribution >= 4 is 15.9 Å². The highest BCUT2D eigenvalue weighted by atomic mass is 32.2. The molecule has 3 aromatic rings. The second kappa shape index (κ2) is 9.72. The average molecular weight is 477 g/mol. The molecule has 1 fully saturated rings. The molecule has 1 aliphatic heterocycles. The van der Waals surface area contributed by atoms with Gasteiger partial charge in [-0.2, -0.15) is 4.31 Å². The minimum absolute atomic E-state index is 0.0144. The van der Waals surface area contributed by atoms with Crippen molar-refractivity contribution < 1.29 is 31.1 Å². The second-order valence-electron chi connectivity index (χ2n) is 7.51. The summed E-state index contributed by atoms with van der Waals surface area (Å²) in [4.78, 5) is 14.4. The molecule has 1 aromatic heterocycles. The number of carbonyl (C=O) groups excluding carboxylic acids is 1. The fourth-order valence-corrected chi connectivity index (χ4v) is 4.97. The maximum absolute atomic E-state index is 13.2. The number of sulfonamides is 1. The summed E-state index contributed by atoms with van der Waals surface area (Å²) >= 11 is 0. The molecule has 1 aliphatic rings. The Hall–Kier alpha value is -3.24. The predicted molar refractivity (Wildman–Crippen MR) is 115 cm³/mol. The van der Waals surface area contributed by atoms with Crippen molar-refractivity contribution in [3.8, 4) is 5.75 Å². The summed E-state index contributed by atoms with van der Waals surface area (Å²) in [7, 11) is -3.78. The molecule has 0 aliphatic carbocycles. The summed E-state index contributed by atoms with van der Waals surface area (Å²) in [5.41, 5.74) is 0. The van der Waals surface area contributed by atoms with Crippen molar-refractivity contribution in [2.75, 3.05) is 26.2 Å². The van der Waals surface area contributed by atoms with E-state index in [0.29, 0.717) is 24.5 Å². The van der Waals surface area contributed by atoms with Crippen LogP contribution in [0.1, 0.15) is 22.7 Å². The monoisotopic (exact) mass is 476 g/mol. The van der Waals surface area contributed by atoms with Crippen LogP contribution in [0.2, 0.25) is 0 Å². The van der Waals surface area contributed by atoms with Gasteiger partial charge in [-0.15, -0.1) is 0 Å². The van der Waals surface area contributed by atoms with Gasteiger partial charge >= 0.3 is 0 Å². The van der Waals surface area contributed by atoms with E-state index in [4.69, 9.17) is 9.15 Å². The molecule has 0 saturated carbocycles. The fraction of sp³-hybridized carbons (Fsp3) is 0.261. The van der Waals surface area contributed by atoms with Crippen LogP contribution in [0.5, 0.6) is 5.75 Å². The standard InChI is InChI=1S/C23H22F2N2O5S/c24-17-2-6-19(7-3-17)31-16-20-8-11-22(32-20)23(28)26-12-1-13-27(15-14-26)33(29,30)21-9-4-18(25)5-10-21/h2-11H,1,12-16H2. The molecule has 0 spiro atoms. The number of nitrogens with zero attached hydrogens (tertiary/aromatic N) is 2. The van der Waals surface area contributed by atoms with Crippen molar-refractivity contribution in [1.82, 2.24) is 9.21 Å². The molecule has 2 heterocycles. The molecule has 1 amide bonds. The van der Waals surface area contributed by atoms with Crippen molar-refractivity contribution in [1.29, 1.82) is 0 Å². The molecule has 1 saturated heterocycles. The third-order valence-electron chi connectivity index (χ3n) is 5.26. The van der Waals surface area contributed by atoms with Gasteiger partial charge in [-0.25, -0.2) is 17.2 Å². The summed E-state index contributed by atoms with van der Waals surface area (Å²) in [5.74, 6) is -0.197.